The topological polar surface area (TPSA) is 86.7 Å². The van der Waals surface area contributed by atoms with Gasteiger partial charge in [0, 0.05) is 0 Å². The van der Waals surface area contributed by atoms with Crippen LogP contribution in [0.25, 0.3) is 0 Å². The Morgan fingerprint density at radius 2 is 1.24 bits per heavy atom. The van der Waals surface area contributed by atoms with E-state index in [1.807, 2.05) is 24.3 Å². The molecule has 0 aromatic heterocycles. The number of hydrogen-bond donors (Lipinski definition) is 1. The summed E-state index contributed by atoms with van der Waals surface area (Å²) < 4.78 is 36.8. The third-order valence-electron chi connectivity index (χ3n) is 5.67. The van der Waals surface area contributed by atoms with Gasteiger partial charge in [-0.1, -0.05) is 95.4 Å². The molecule has 0 spiro atoms. The minimum absolute atomic E-state index is 0. The number of rotatable bonds is 16. The SMILES string of the molecule is CCCCCCCCCCCCCCc1ccc(Oc2ccc(S(=O)(=O)O)c([O-])c2)cc1.[K+]. The van der Waals surface area contributed by atoms with Gasteiger partial charge in [0.2, 0.25) is 0 Å². The molecule has 2 aromatic carbocycles. The molecule has 178 valence electrons. The van der Waals surface area contributed by atoms with Crippen LogP contribution >= 0.6 is 0 Å². The molecule has 2 rings (SSSR count). The molecule has 33 heavy (non-hydrogen) atoms. The third-order valence-corrected chi connectivity index (χ3v) is 6.56. The Morgan fingerprint density at radius 3 is 1.73 bits per heavy atom. The van der Waals surface area contributed by atoms with E-state index in [2.05, 4.69) is 6.92 Å². The first kappa shape index (κ1) is 30.6. The molecule has 0 radical (unpaired) electrons. The van der Waals surface area contributed by atoms with Gasteiger partial charge in [-0.15, -0.1) is 0 Å². The van der Waals surface area contributed by atoms with E-state index in [1.54, 1.807) is 0 Å². The quantitative estimate of drug-likeness (QED) is 0.213. The number of benzene rings is 2. The summed E-state index contributed by atoms with van der Waals surface area (Å²) in [4.78, 5) is -0.650. The van der Waals surface area contributed by atoms with E-state index in [-0.39, 0.29) is 57.1 Å². The van der Waals surface area contributed by atoms with Gasteiger partial charge in [0.25, 0.3) is 10.1 Å². The minimum atomic E-state index is -4.52. The van der Waals surface area contributed by atoms with Crippen molar-refractivity contribution in [2.24, 2.45) is 0 Å². The van der Waals surface area contributed by atoms with E-state index in [9.17, 15) is 13.5 Å². The minimum Gasteiger partial charge on any atom is -0.871 e. The maximum Gasteiger partial charge on any atom is 1.00 e. The fraction of sp³-hybridized carbons (Fsp3) is 0.538. The van der Waals surface area contributed by atoms with Crippen molar-refractivity contribution in [1.29, 1.82) is 0 Å². The predicted octanol–water partition coefficient (Wildman–Crippen LogP) is 4.05. The second kappa shape index (κ2) is 17.1. The van der Waals surface area contributed by atoms with Gasteiger partial charge in [0.1, 0.15) is 11.5 Å². The molecule has 0 aliphatic carbocycles. The van der Waals surface area contributed by atoms with Crippen molar-refractivity contribution < 1.29 is 74.2 Å². The van der Waals surface area contributed by atoms with Crippen LogP contribution in [0, 0.1) is 0 Å². The summed E-state index contributed by atoms with van der Waals surface area (Å²) >= 11 is 0. The van der Waals surface area contributed by atoms with Crippen molar-refractivity contribution in [2.75, 3.05) is 0 Å². The van der Waals surface area contributed by atoms with E-state index < -0.39 is 20.8 Å². The molecule has 0 aliphatic rings. The van der Waals surface area contributed by atoms with Gasteiger partial charge < -0.3 is 9.84 Å². The molecular weight excluding hydrogens is 463 g/mol. The van der Waals surface area contributed by atoms with Gasteiger partial charge >= 0.3 is 51.4 Å². The van der Waals surface area contributed by atoms with E-state index >= 15 is 0 Å². The fourth-order valence-electron chi connectivity index (χ4n) is 3.80. The Bertz CT molecular complexity index is 897. The average molecular weight is 501 g/mol. The molecule has 0 bridgehead atoms. The summed E-state index contributed by atoms with van der Waals surface area (Å²) in [5, 5.41) is 11.8. The molecule has 0 unspecified atom stereocenters. The summed E-state index contributed by atoms with van der Waals surface area (Å²) in [5.74, 6) is 0.00662. The van der Waals surface area contributed by atoms with Crippen molar-refractivity contribution in [3.63, 3.8) is 0 Å². The van der Waals surface area contributed by atoms with Gasteiger partial charge in [0.05, 0.1) is 4.90 Å². The number of aryl methyl sites for hydroxylation is 1. The van der Waals surface area contributed by atoms with Crippen LogP contribution < -0.4 is 61.2 Å². The molecule has 0 fully saturated rings. The molecule has 2 aromatic rings. The Hall–Kier alpha value is -0.414. The van der Waals surface area contributed by atoms with Crippen LogP contribution in [0.2, 0.25) is 0 Å². The van der Waals surface area contributed by atoms with Gasteiger partial charge in [-0.3, -0.25) is 4.55 Å². The summed E-state index contributed by atoms with van der Waals surface area (Å²) in [7, 11) is -4.52. The van der Waals surface area contributed by atoms with E-state index in [0.717, 1.165) is 18.6 Å². The Balaban J connectivity index is 0.00000544. The molecule has 0 saturated carbocycles. The molecule has 5 nitrogen and oxygen atoms in total. The first-order valence-electron chi connectivity index (χ1n) is 12.0. The van der Waals surface area contributed by atoms with Crippen LogP contribution in [0.1, 0.15) is 89.5 Å². The first-order valence-corrected chi connectivity index (χ1v) is 13.4. The molecule has 1 N–H and O–H groups in total. The van der Waals surface area contributed by atoms with Gasteiger partial charge in [-0.05, 0) is 48.7 Å². The standard InChI is InChI=1S/C26H38O5S.K/c1-2-3-4-5-6-7-8-9-10-11-12-13-14-22-15-17-23(18-16-22)31-24-19-20-26(25(27)21-24)32(28,29)30;/h15-21,27H,2-14H2,1H3,(H,28,29,30);/q;+1/p-1. The van der Waals surface area contributed by atoms with Crippen molar-refractivity contribution in [3.8, 4) is 17.2 Å². The summed E-state index contributed by atoms with van der Waals surface area (Å²) in [6.07, 6.45) is 17.1. The monoisotopic (exact) mass is 500 g/mol. The predicted molar refractivity (Wildman–Crippen MR) is 127 cm³/mol. The number of hydrogen-bond acceptors (Lipinski definition) is 4. The normalized spacial score (nSPS) is 11.2. The molecular formula is C26H37KO5S. The molecule has 0 saturated heterocycles. The zero-order chi connectivity index (χ0) is 23.2. The van der Waals surface area contributed by atoms with Crippen molar-refractivity contribution in [2.45, 2.75) is 95.3 Å². The number of ether oxygens (including phenoxy) is 1. The van der Waals surface area contributed by atoms with Gasteiger partial charge in [0.15, 0.2) is 0 Å². The van der Waals surface area contributed by atoms with E-state index in [0.29, 0.717) is 5.75 Å². The van der Waals surface area contributed by atoms with Gasteiger partial charge in [-0.2, -0.15) is 8.42 Å². The van der Waals surface area contributed by atoms with Crippen LogP contribution in [0.4, 0.5) is 0 Å². The third kappa shape index (κ3) is 12.7. The van der Waals surface area contributed by atoms with Crippen LogP contribution in [0.15, 0.2) is 47.4 Å². The second-order valence-electron chi connectivity index (χ2n) is 8.47. The summed E-state index contributed by atoms with van der Waals surface area (Å²) in [6.45, 7) is 2.26. The van der Waals surface area contributed by atoms with Crippen molar-refractivity contribution in [3.05, 3.63) is 48.0 Å². The second-order valence-corrected chi connectivity index (χ2v) is 9.86. The number of unbranched alkanes of at least 4 members (excludes halogenated alkanes) is 11. The zero-order valence-electron chi connectivity index (χ0n) is 20.2. The van der Waals surface area contributed by atoms with Crippen LogP contribution in [0.5, 0.6) is 17.2 Å². The first-order chi connectivity index (χ1) is 15.4. The zero-order valence-corrected chi connectivity index (χ0v) is 24.2. The van der Waals surface area contributed by atoms with E-state index in [4.69, 9.17) is 9.29 Å². The van der Waals surface area contributed by atoms with Crippen LogP contribution in [-0.4, -0.2) is 13.0 Å². The van der Waals surface area contributed by atoms with Crippen LogP contribution in [0.3, 0.4) is 0 Å². The molecule has 0 aliphatic heterocycles. The smallest absolute Gasteiger partial charge is 0.871 e. The Kier molecular flexibility index (Phi) is 15.9. The molecule has 0 atom stereocenters. The molecule has 0 amide bonds. The maximum absolute atomic E-state index is 11.8. The van der Waals surface area contributed by atoms with Crippen molar-refractivity contribution in [1.82, 2.24) is 0 Å². The molecule has 7 heteroatoms. The largest absolute Gasteiger partial charge is 1.00 e. The Morgan fingerprint density at radius 1 is 0.758 bits per heavy atom. The average Bonchev–Trinajstić information content (AvgIpc) is 2.75. The van der Waals surface area contributed by atoms with Crippen LogP contribution in [-0.2, 0) is 16.5 Å². The Labute approximate surface area is 242 Å². The fourth-order valence-corrected chi connectivity index (χ4v) is 4.35. The summed E-state index contributed by atoms with van der Waals surface area (Å²) in [6, 6.07) is 11.2. The van der Waals surface area contributed by atoms with Crippen molar-refractivity contribution >= 4 is 10.1 Å². The van der Waals surface area contributed by atoms with Gasteiger partial charge in [-0.25, -0.2) is 0 Å². The van der Waals surface area contributed by atoms with E-state index in [1.165, 1.54) is 88.7 Å². The maximum atomic E-state index is 11.8. The molecule has 0 heterocycles. The summed E-state index contributed by atoms with van der Waals surface area (Å²) in [5.41, 5.74) is 1.25.